The van der Waals surface area contributed by atoms with Gasteiger partial charge in [-0.25, -0.2) is 8.42 Å². The average Bonchev–Trinajstić information content (AvgIpc) is 3.02. The largest absolute Gasteiger partial charge is 0.484 e. The van der Waals surface area contributed by atoms with Crippen LogP contribution in [0.25, 0.3) is 0 Å². The Morgan fingerprint density at radius 3 is 2.48 bits per heavy atom. The second-order valence-corrected chi connectivity index (χ2v) is 9.31. The van der Waals surface area contributed by atoms with Crippen molar-refractivity contribution in [1.29, 1.82) is 0 Å². The predicted octanol–water partition coefficient (Wildman–Crippen LogP) is 2.26. The summed E-state index contributed by atoms with van der Waals surface area (Å²) < 4.78 is 37.7. The molecule has 0 aliphatic carbocycles. The Kier molecular flexibility index (Phi) is 6.28. The zero-order valence-corrected chi connectivity index (χ0v) is 18.0. The number of benzene rings is 1. The van der Waals surface area contributed by atoms with Crippen molar-refractivity contribution < 1.29 is 22.5 Å². The average molecular weight is 422 g/mol. The molecule has 0 saturated carbocycles. The van der Waals surface area contributed by atoms with Crippen molar-refractivity contribution in [2.75, 3.05) is 19.7 Å². The highest BCUT2D eigenvalue weighted by molar-refractivity contribution is 7.89. The second-order valence-electron chi connectivity index (χ2n) is 7.43. The summed E-state index contributed by atoms with van der Waals surface area (Å²) in [7, 11) is -3.65. The van der Waals surface area contributed by atoms with E-state index in [9.17, 15) is 13.2 Å². The zero-order chi connectivity index (χ0) is 21.2. The summed E-state index contributed by atoms with van der Waals surface area (Å²) in [6.45, 7) is 7.81. The number of piperidine rings is 1. The van der Waals surface area contributed by atoms with Gasteiger partial charge in [-0.05, 0) is 63.8 Å². The normalized spacial score (nSPS) is 16.0. The van der Waals surface area contributed by atoms with E-state index in [1.807, 2.05) is 32.0 Å². The fourth-order valence-electron chi connectivity index (χ4n) is 3.43. The second kappa shape index (κ2) is 8.54. The number of rotatable bonds is 6. The van der Waals surface area contributed by atoms with Gasteiger partial charge in [0, 0.05) is 19.1 Å². The summed E-state index contributed by atoms with van der Waals surface area (Å²) in [5.41, 5.74) is 2.64. The molecule has 29 heavy (non-hydrogen) atoms. The molecule has 1 aliphatic rings. The summed E-state index contributed by atoms with van der Waals surface area (Å²) in [6.07, 6.45) is 1.08. The maximum Gasteiger partial charge on any atom is 0.258 e. The molecule has 2 heterocycles. The molecule has 2 aromatic rings. The van der Waals surface area contributed by atoms with Crippen molar-refractivity contribution in [3.05, 3.63) is 40.8 Å². The number of carbonyl (C=O) groups is 1. The number of aromatic nitrogens is 1. The van der Waals surface area contributed by atoms with Crippen molar-refractivity contribution in [1.82, 2.24) is 14.8 Å². The van der Waals surface area contributed by atoms with Crippen molar-refractivity contribution in [2.24, 2.45) is 0 Å². The fourth-order valence-corrected chi connectivity index (χ4v) is 5.20. The molecule has 1 N–H and O–H groups in total. The number of sulfonamides is 1. The molecule has 0 unspecified atom stereocenters. The molecule has 1 aromatic heterocycles. The minimum Gasteiger partial charge on any atom is -0.484 e. The number of nitrogens with one attached hydrogen (secondary N) is 1. The van der Waals surface area contributed by atoms with E-state index < -0.39 is 10.0 Å². The highest BCUT2D eigenvalue weighted by atomic mass is 32.2. The molecule has 1 saturated heterocycles. The highest BCUT2D eigenvalue weighted by Crippen LogP contribution is 2.26. The lowest BCUT2D eigenvalue weighted by Gasteiger charge is -2.31. The Labute approximate surface area is 171 Å². The van der Waals surface area contributed by atoms with E-state index >= 15 is 0 Å². The monoisotopic (exact) mass is 421 g/mol. The zero-order valence-electron chi connectivity index (χ0n) is 17.2. The quantitative estimate of drug-likeness (QED) is 0.768. The first kappa shape index (κ1) is 21.3. The minimum atomic E-state index is -3.65. The summed E-state index contributed by atoms with van der Waals surface area (Å²) in [4.78, 5) is 12.3. The molecule has 3 rings (SSSR count). The maximum absolute atomic E-state index is 12.8. The number of carbonyl (C=O) groups excluding carboxylic acids is 1. The number of hydrogen-bond donors (Lipinski definition) is 1. The maximum atomic E-state index is 12.8. The fraction of sp³-hybridized carbons (Fsp3) is 0.500. The van der Waals surface area contributed by atoms with Gasteiger partial charge < -0.3 is 14.6 Å². The molecule has 0 atom stereocenters. The van der Waals surface area contributed by atoms with Gasteiger partial charge in [-0.1, -0.05) is 11.2 Å². The Morgan fingerprint density at radius 1 is 1.21 bits per heavy atom. The lowest BCUT2D eigenvalue weighted by molar-refractivity contribution is -0.124. The standard InChI is InChI=1S/C20H27N3O5S/c1-13-5-6-18(11-14(13)2)27-12-19(24)21-17-7-9-23(10-8-17)29(25,26)20-15(3)22-28-16(20)4/h5-6,11,17H,7-10,12H2,1-4H3,(H,21,24). The van der Waals surface area contributed by atoms with Gasteiger partial charge in [0.1, 0.15) is 16.3 Å². The summed E-state index contributed by atoms with van der Waals surface area (Å²) in [5.74, 6) is 0.736. The third-order valence-corrected chi connectivity index (χ3v) is 7.38. The van der Waals surface area contributed by atoms with Crippen LogP contribution in [0.1, 0.15) is 35.4 Å². The number of ether oxygens (including phenoxy) is 1. The van der Waals surface area contributed by atoms with Gasteiger partial charge in [0.05, 0.1) is 0 Å². The first-order chi connectivity index (χ1) is 13.7. The molecular weight excluding hydrogens is 394 g/mol. The summed E-state index contributed by atoms with van der Waals surface area (Å²) in [6, 6.07) is 5.62. The summed E-state index contributed by atoms with van der Waals surface area (Å²) >= 11 is 0. The van der Waals surface area contributed by atoms with Crippen LogP contribution in [0, 0.1) is 27.7 Å². The van der Waals surface area contributed by atoms with E-state index in [-0.39, 0.29) is 23.5 Å². The van der Waals surface area contributed by atoms with Crippen LogP contribution >= 0.6 is 0 Å². The van der Waals surface area contributed by atoms with Crippen LogP contribution in [-0.4, -0.2) is 49.5 Å². The van der Waals surface area contributed by atoms with Gasteiger partial charge in [0.2, 0.25) is 10.0 Å². The lowest BCUT2D eigenvalue weighted by atomic mass is 10.1. The van der Waals surface area contributed by atoms with Crippen LogP contribution < -0.4 is 10.1 Å². The van der Waals surface area contributed by atoms with Crippen LogP contribution in [0.4, 0.5) is 0 Å². The van der Waals surface area contributed by atoms with Gasteiger partial charge in [-0.15, -0.1) is 0 Å². The molecule has 1 aliphatic heterocycles. The van der Waals surface area contributed by atoms with Crippen molar-refractivity contribution >= 4 is 15.9 Å². The molecule has 1 aromatic carbocycles. The van der Waals surface area contributed by atoms with E-state index in [2.05, 4.69) is 10.5 Å². The van der Waals surface area contributed by atoms with Crippen molar-refractivity contribution in [2.45, 2.75) is 51.5 Å². The summed E-state index contributed by atoms with van der Waals surface area (Å²) in [5, 5.41) is 6.66. The van der Waals surface area contributed by atoms with Crippen LogP contribution in [-0.2, 0) is 14.8 Å². The van der Waals surface area contributed by atoms with Crippen molar-refractivity contribution in [3.8, 4) is 5.75 Å². The minimum absolute atomic E-state index is 0.0694. The lowest BCUT2D eigenvalue weighted by Crippen LogP contribution is -2.47. The molecule has 8 nitrogen and oxygen atoms in total. The smallest absolute Gasteiger partial charge is 0.258 e. The van der Waals surface area contributed by atoms with Gasteiger partial charge in [-0.3, -0.25) is 4.79 Å². The van der Waals surface area contributed by atoms with Crippen LogP contribution in [0.3, 0.4) is 0 Å². The predicted molar refractivity (Wildman–Crippen MR) is 107 cm³/mol. The number of amides is 1. The van der Waals surface area contributed by atoms with E-state index in [4.69, 9.17) is 9.26 Å². The van der Waals surface area contributed by atoms with E-state index in [1.54, 1.807) is 13.8 Å². The molecule has 0 spiro atoms. The Hall–Kier alpha value is -2.39. The van der Waals surface area contributed by atoms with E-state index in [0.717, 1.165) is 5.56 Å². The molecule has 1 fully saturated rings. The number of aryl methyl sites for hydroxylation is 4. The number of nitrogens with zero attached hydrogens (tertiary/aromatic N) is 2. The van der Waals surface area contributed by atoms with Crippen LogP contribution in [0.15, 0.2) is 27.6 Å². The van der Waals surface area contributed by atoms with E-state index in [1.165, 1.54) is 9.87 Å². The third kappa shape index (κ3) is 4.79. The van der Waals surface area contributed by atoms with Gasteiger partial charge in [0.15, 0.2) is 12.4 Å². The molecule has 9 heteroatoms. The van der Waals surface area contributed by atoms with Crippen LogP contribution in [0.2, 0.25) is 0 Å². The number of hydrogen-bond acceptors (Lipinski definition) is 6. The highest BCUT2D eigenvalue weighted by Gasteiger charge is 2.34. The molecule has 0 radical (unpaired) electrons. The van der Waals surface area contributed by atoms with E-state index in [0.29, 0.717) is 43.1 Å². The molecular formula is C20H27N3O5S. The molecule has 1 amide bonds. The SMILES string of the molecule is Cc1ccc(OCC(=O)NC2CCN(S(=O)(=O)c3c(C)noc3C)CC2)cc1C. The molecule has 0 bridgehead atoms. The first-order valence-corrected chi connectivity index (χ1v) is 11.0. The third-order valence-electron chi connectivity index (χ3n) is 5.23. The molecule has 158 valence electrons. The van der Waals surface area contributed by atoms with Gasteiger partial charge in [0.25, 0.3) is 5.91 Å². The Bertz CT molecular complexity index is 972. The van der Waals surface area contributed by atoms with Crippen LogP contribution in [0.5, 0.6) is 5.75 Å². The van der Waals surface area contributed by atoms with Gasteiger partial charge >= 0.3 is 0 Å². The first-order valence-electron chi connectivity index (χ1n) is 9.61. The Balaban J connectivity index is 1.50. The topological polar surface area (TPSA) is 102 Å². The van der Waals surface area contributed by atoms with Crippen molar-refractivity contribution in [3.63, 3.8) is 0 Å². The van der Waals surface area contributed by atoms with Gasteiger partial charge in [-0.2, -0.15) is 4.31 Å². The Morgan fingerprint density at radius 2 is 1.90 bits per heavy atom.